The normalized spacial score (nSPS) is 10.7. The molecule has 6 nitrogen and oxygen atoms in total. The number of ether oxygens (including phenoxy) is 1. The van der Waals surface area contributed by atoms with E-state index < -0.39 is 0 Å². The van der Waals surface area contributed by atoms with Gasteiger partial charge >= 0.3 is 0 Å². The number of amides is 1. The second-order valence-electron chi connectivity index (χ2n) is 6.71. The van der Waals surface area contributed by atoms with Gasteiger partial charge in [0.25, 0.3) is 5.56 Å². The molecule has 1 aromatic heterocycles. The first-order valence-corrected chi connectivity index (χ1v) is 10.9. The molecule has 0 saturated carbocycles. The molecule has 0 aliphatic carbocycles. The van der Waals surface area contributed by atoms with Crippen LogP contribution in [0.25, 0.3) is 10.9 Å². The average Bonchev–Trinajstić information content (AvgIpc) is 2.80. The summed E-state index contributed by atoms with van der Waals surface area (Å²) in [4.78, 5) is 29.9. The number of benzene rings is 3. The summed E-state index contributed by atoms with van der Waals surface area (Å²) in [6, 6.07) is 23.9. The Morgan fingerprint density at radius 1 is 1.00 bits per heavy atom. The molecule has 0 bridgehead atoms. The second kappa shape index (κ2) is 9.49. The number of hydrogen-bond acceptors (Lipinski definition) is 5. The number of thioether (sulfide) groups is 1. The number of nitrogens with one attached hydrogen (secondary N) is 1. The van der Waals surface area contributed by atoms with Crippen LogP contribution < -0.4 is 15.6 Å². The van der Waals surface area contributed by atoms with Crippen LogP contribution in [-0.2, 0) is 11.3 Å². The summed E-state index contributed by atoms with van der Waals surface area (Å²) in [6.45, 7) is 2.37. The second-order valence-corrected chi connectivity index (χ2v) is 7.65. The number of carbonyl (C=O) groups excluding carboxylic acids is 1. The van der Waals surface area contributed by atoms with E-state index in [0.29, 0.717) is 39.8 Å². The highest BCUT2D eigenvalue weighted by atomic mass is 32.2. The maximum absolute atomic E-state index is 12.7. The third-order valence-corrected chi connectivity index (χ3v) is 5.58. The van der Waals surface area contributed by atoms with Crippen LogP contribution in [0.4, 0.5) is 5.69 Å². The van der Waals surface area contributed by atoms with Gasteiger partial charge in [-0.25, -0.2) is 4.98 Å². The van der Waals surface area contributed by atoms with Crippen LogP contribution in [0.5, 0.6) is 11.5 Å². The van der Waals surface area contributed by atoms with Crippen molar-refractivity contribution in [2.75, 3.05) is 11.1 Å². The molecule has 1 amide bonds. The van der Waals surface area contributed by atoms with Crippen LogP contribution in [-0.4, -0.2) is 21.2 Å². The molecule has 0 saturated heterocycles. The molecule has 156 valence electrons. The van der Waals surface area contributed by atoms with Crippen molar-refractivity contribution in [2.45, 2.75) is 18.6 Å². The quantitative estimate of drug-likeness (QED) is 0.331. The van der Waals surface area contributed by atoms with Gasteiger partial charge in [-0.05, 0) is 43.3 Å². The minimum Gasteiger partial charge on any atom is -0.455 e. The lowest BCUT2D eigenvalue weighted by molar-refractivity contribution is -0.113. The number of hydrogen-bond donors (Lipinski definition) is 1. The van der Waals surface area contributed by atoms with Crippen molar-refractivity contribution in [3.63, 3.8) is 0 Å². The SMILES string of the molecule is CCn1c(SCC(=O)Nc2ccccc2Oc2ccccc2)nc2ccccc2c1=O. The first kappa shape index (κ1) is 20.7. The lowest BCUT2D eigenvalue weighted by Crippen LogP contribution is -2.23. The Labute approximate surface area is 183 Å². The van der Waals surface area contributed by atoms with Crippen LogP contribution in [0.15, 0.2) is 88.8 Å². The van der Waals surface area contributed by atoms with Gasteiger partial charge in [0.2, 0.25) is 5.91 Å². The Hall–Kier alpha value is -3.58. The van der Waals surface area contributed by atoms with Gasteiger partial charge in [0.1, 0.15) is 5.75 Å². The zero-order valence-electron chi connectivity index (χ0n) is 16.9. The van der Waals surface area contributed by atoms with E-state index in [2.05, 4.69) is 10.3 Å². The van der Waals surface area contributed by atoms with Gasteiger partial charge in [-0.3, -0.25) is 14.2 Å². The predicted octanol–water partition coefficient (Wildman–Crippen LogP) is 4.94. The average molecular weight is 432 g/mol. The molecule has 0 spiro atoms. The van der Waals surface area contributed by atoms with Crippen molar-refractivity contribution < 1.29 is 9.53 Å². The number of rotatable bonds is 7. The molecule has 0 fully saturated rings. The number of nitrogens with zero attached hydrogens (tertiary/aromatic N) is 2. The fourth-order valence-electron chi connectivity index (χ4n) is 3.13. The smallest absolute Gasteiger partial charge is 0.262 e. The topological polar surface area (TPSA) is 73.2 Å². The van der Waals surface area contributed by atoms with Gasteiger partial charge in [-0.15, -0.1) is 0 Å². The fraction of sp³-hybridized carbons (Fsp3) is 0.125. The third kappa shape index (κ3) is 4.78. The summed E-state index contributed by atoms with van der Waals surface area (Å²) in [5, 5.41) is 3.99. The zero-order valence-corrected chi connectivity index (χ0v) is 17.8. The fourth-order valence-corrected chi connectivity index (χ4v) is 3.99. The van der Waals surface area contributed by atoms with Crippen molar-refractivity contribution in [1.29, 1.82) is 0 Å². The Kier molecular flexibility index (Phi) is 6.33. The van der Waals surface area contributed by atoms with Crippen molar-refractivity contribution in [3.05, 3.63) is 89.2 Å². The predicted molar refractivity (Wildman–Crippen MR) is 124 cm³/mol. The first-order chi connectivity index (χ1) is 15.2. The maximum Gasteiger partial charge on any atom is 0.262 e. The summed E-state index contributed by atoms with van der Waals surface area (Å²) in [7, 11) is 0. The summed E-state index contributed by atoms with van der Waals surface area (Å²) in [6.07, 6.45) is 0. The first-order valence-electron chi connectivity index (χ1n) is 9.90. The highest BCUT2D eigenvalue weighted by Crippen LogP contribution is 2.29. The summed E-state index contributed by atoms with van der Waals surface area (Å²) >= 11 is 1.24. The van der Waals surface area contributed by atoms with E-state index in [1.54, 1.807) is 28.8 Å². The number of aromatic nitrogens is 2. The Balaban J connectivity index is 1.49. The van der Waals surface area contributed by atoms with Gasteiger partial charge < -0.3 is 10.1 Å². The zero-order chi connectivity index (χ0) is 21.6. The van der Waals surface area contributed by atoms with Gasteiger partial charge in [0.15, 0.2) is 10.9 Å². The van der Waals surface area contributed by atoms with E-state index in [9.17, 15) is 9.59 Å². The molecule has 0 atom stereocenters. The van der Waals surface area contributed by atoms with Crippen molar-refractivity contribution in [1.82, 2.24) is 9.55 Å². The molecule has 0 aliphatic rings. The lowest BCUT2D eigenvalue weighted by atomic mass is 10.2. The third-order valence-electron chi connectivity index (χ3n) is 4.61. The molecule has 1 N–H and O–H groups in total. The van der Waals surface area contributed by atoms with Crippen LogP contribution in [0.3, 0.4) is 0 Å². The number of anilines is 1. The molecule has 0 aliphatic heterocycles. The maximum atomic E-state index is 12.7. The standard InChI is InChI=1S/C24H21N3O3S/c1-2-27-23(29)18-12-6-7-13-19(18)26-24(27)31-16-22(28)25-20-14-8-9-15-21(20)30-17-10-4-3-5-11-17/h3-15H,2,16H2,1H3,(H,25,28). The van der Waals surface area contributed by atoms with Gasteiger partial charge in [0.05, 0.1) is 22.3 Å². The van der Waals surface area contributed by atoms with E-state index >= 15 is 0 Å². The number of fused-ring (bicyclic) bond motifs is 1. The highest BCUT2D eigenvalue weighted by Gasteiger charge is 2.13. The van der Waals surface area contributed by atoms with E-state index in [4.69, 9.17) is 4.74 Å². The summed E-state index contributed by atoms with van der Waals surface area (Å²) < 4.78 is 7.48. The molecule has 1 heterocycles. The lowest BCUT2D eigenvalue weighted by Gasteiger charge is -2.13. The monoisotopic (exact) mass is 431 g/mol. The molecule has 0 unspecified atom stereocenters. The van der Waals surface area contributed by atoms with E-state index in [0.717, 1.165) is 0 Å². The highest BCUT2D eigenvalue weighted by molar-refractivity contribution is 7.99. The molecule has 0 radical (unpaired) electrons. The molecule has 4 aromatic rings. The van der Waals surface area contributed by atoms with Crippen molar-refractivity contribution in [3.8, 4) is 11.5 Å². The largest absolute Gasteiger partial charge is 0.455 e. The van der Waals surface area contributed by atoms with E-state index in [1.807, 2.05) is 61.5 Å². The summed E-state index contributed by atoms with van der Waals surface area (Å²) in [5.74, 6) is 1.15. The van der Waals surface area contributed by atoms with Crippen LogP contribution in [0.2, 0.25) is 0 Å². The minimum absolute atomic E-state index is 0.0994. The number of carbonyl (C=O) groups is 1. The van der Waals surface area contributed by atoms with E-state index in [-0.39, 0.29) is 17.2 Å². The molecular formula is C24H21N3O3S. The Morgan fingerprint density at radius 3 is 2.52 bits per heavy atom. The van der Waals surface area contributed by atoms with Crippen LogP contribution >= 0.6 is 11.8 Å². The van der Waals surface area contributed by atoms with Crippen molar-refractivity contribution >= 4 is 34.3 Å². The molecule has 3 aromatic carbocycles. The van der Waals surface area contributed by atoms with Gasteiger partial charge in [-0.2, -0.15) is 0 Å². The van der Waals surface area contributed by atoms with Crippen molar-refractivity contribution in [2.24, 2.45) is 0 Å². The molecule has 7 heteroatoms. The molecular weight excluding hydrogens is 410 g/mol. The molecule has 31 heavy (non-hydrogen) atoms. The van der Waals surface area contributed by atoms with Gasteiger partial charge in [0, 0.05) is 6.54 Å². The Bertz CT molecular complexity index is 1270. The number of para-hydroxylation sites is 4. The van der Waals surface area contributed by atoms with Crippen LogP contribution in [0, 0.1) is 0 Å². The Morgan fingerprint density at radius 2 is 1.71 bits per heavy atom. The summed E-state index contributed by atoms with van der Waals surface area (Å²) in [5.41, 5.74) is 1.11. The van der Waals surface area contributed by atoms with E-state index in [1.165, 1.54) is 11.8 Å². The van der Waals surface area contributed by atoms with Gasteiger partial charge in [-0.1, -0.05) is 54.2 Å². The van der Waals surface area contributed by atoms with Crippen LogP contribution in [0.1, 0.15) is 6.92 Å². The minimum atomic E-state index is -0.209. The molecule has 4 rings (SSSR count).